The van der Waals surface area contributed by atoms with Gasteiger partial charge in [0.1, 0.15) is 29.2 Å². The Hall–Kier alpha value is -3.80. The van der Waals surface area contributed by atoms with Crippen molar-refractivity contribution in [2.75, 3.05) is 0 Å². The number of halogens is 2. The number of nitrogens with zero attached hydrogens (tertiary/aromatic N) is 2. The van der Waals surface area contributed by atoms with Crippen molar-refractivity contribution < 1.29 is 18.3 Å². The molecule has 150 valence electrons. The summed E-state index contributed by atoms with van der Waals surface area (Å²) < 4.78 is 34.6. The van der Waals surface area contributed by atoms with Crippen LogP contribution in [0, 0.1) is 11.6 Å². The van der Waals surface area contributed by atoms with Crippen molar-refractivity contribution >= 4 is 5.91 Å². The van der Waals surface area contributed by atoms with E-state index in [0.29, 0.717) is 22.6 Å². The Morgan fingerprint density at radius 2 is 1.70 bits per heavy atom. The van der Waals surface area contributed by atoms with Crippen LogP contribution in [-0.4, -0.2) is 15.7 Å². The van der Waals surface area contributed by atoms with Gasteiger partial charge in [-0.25, -0.2) is 13.5 Å². The third-order valence-electron chi connectivity index (χ3n) is 4.66. The molecule has 0 amide bonds. The molecule has 0 radical (unpaired) electrons. The van der Waals surface area contributed by atoms with Crippen LogP contribution in [0.4, 0.5) is 8.78 Å². The Kier molecular flexibility index (Phi) is 5.39. The van der Waals surface area contributed by atoms with Crippen LogP contribution < -0.4 is 4.74 Å². The molecule has 0 bridgehead atoms. The number of rotatable bonds is 5. The van der Waals surface area contributed by atoms with Crippen LogP contribution in [0.3, 0.4) is 0 Å². The van der Waals surface area contributed by atoms with E-state index in [1.807, 2.05) is 30.3 Å². The minimum Gasteiger partial charge on any atom is -0.484 e. The second-order valence-electron chi connectivity index (χ2n) is 6.76. The molecule has 0 saturated carbocycles. The van der Waals surface area contributed by atoms with Crippen molar-refractivity contribution in [1.29, 1.82) is 0 Å². The molecular formula is C24H18F2N2O2. The molecule has 4 nitrogen and oxygen atoms in total. The van der Waals surface area contributed by atoms with E-state index in [9.17, 15) is 13.6 Å². The van der Waals surface area contributed by atoms with Gasteiger partial charge in [-0.05, 0) is 55.0 Å². The summed E-state index contributed by atoms with van der Waals surface area (Å²) in [6.07, 6.45) is 1.01. The lowest BCUT2D eigenvalue weighted by Gasteiger charge is -2.13. The van der Waals surface area contributed by atoms with E-state index in [1.54, 1.807) is 25.1 Å². The van der Waals surface area contributed by atoms with E-state index < -0.39 is 11.9 Å². The van der Waals surface area contributed by atoms with Gasteiger partial charge in [-0.15, -0.1) is 0 Å². The molecule has 0 N–H and O–H groups in total. The maximum Gasteiger partial charge on any atom is 0.278 e. The molecule has 0 unspecified atom stereocenters. The minimum absolute atomic E-state index is 0.318. The fourth-order valence-electron chi connectivity index (χ4n) is 3.08. The topological polar surface area (TPSA) is 44.1 Å². The molecule has 0 saturated heterocycles. The van der Waals surface area contributed by atoms with E-state index in [-0.39, 0.29) is 11.7 Å². The monoisotopic (exact) mass is 404 g/mol. The van der Waals surface area contributed by atoms with Gasteiger partial charge in [0.15, 0.2) is 0 Å². The van der Waals surface area contributed by atoms with Crippen molar-refractivity contribution in [2.24, 2.45) is 0 Å². The molecule has 4 aromatic rings. The molecule has 0 fully saturated rings. The van der Waals surface area contributed by atoms with Gasteiger partial charge in [0.2, 0.25) is 0 Å². The van der Waals surface area contributed by atoms with Crippen molar-refractivity contribution in [3.63, 3.8) is 0 Å². The zero-order chi connectivity index (χ0) is 21.1. The zero-order valence-corrected chi connectivity index (χ0v) is 16.1. The lowest BCUT2D eigenvalue weighted by atomic mass is 10.1. The van der Waals surface area contributed by atoms with Gasteiger partial charge in [0.05, 0.1) is 0 Å². The third kappa shape index (κ3) is 4.12. The highest BCUT2D eigenvalue weighted by Crippen LogP contribution is 2.28. The summed E-state index contributed by atoms with van der Waals surface area (Å²) in [6.45, 7) is 1.76. The van der Waals surface area contributed by atoms with E-state index in [0.717, 1.165) is 5.56 Å². The molecule has 0 aliphatic heterocycles. The van der Waals surface area contributed by atoms with Gasteiger partial charge in [-0.2, -0.15) is 5.10 Å². The number of hydrogen-bond donors (Lipinski definition) is 0. The summed E-state index contributed by atoms with van der Waals surface area (Å²) in [5, 5.41) is 4.25. The van der Waals surface area contributed by atoms with Crippen LogP contribution in [0.5, 0.6) is 5.75 Å². The van der Waals surface area contributed by atoms with Crippen LogP contribution in [0.15, 0.2) is 85.1 Å². The SMILES string of the molecule is C[C@H](Oc1ccc(-c2ccccc2)c(F)c1)c1ccn(C(=O)c2ccc(F)cc2)n1. The van der Waals surface area contributed by atoms with E-state index >= 15 is 0 Å². The van der Waals surface area contributed by atoms with Crippen LogP contribution in [0.25, 0.3) is 11.1 Å². The molecule has 0 aliphatic carbocycles. The average molecular weight is 404 g/mol. The standard InChI is InChI=1S/C24H18F2N2O2/c1-16(23-13-14-28(27-23)24(29)18-7-9-19(25)10-8-18)30-20-11-12-21(22(26)15-20)17-5-3-2-4-6-17/h2-16H,1H3/t16-/m0/s1. The summed E-state index contributed by atoms with van der Waals surface area (Å²) in [7, 11) is 0. The zero-order valence-electron chi connectivity index (χ0n) is 16.1. The largest absolute Gasteiger partial charge is 0.484 e. The first-order valence-electron chi connectivity index (χ1n) is 9.39. The number of carbonyl (C=O) groups excluding carboxylic acids is 1. The van der Waals surface area contributed by atoms with Crippen LogP contribution in [0.2, 0.25) is 0 Å². The first-order chi connectivity index (χ1) is 14.5. The van der Waals surface area contributed by atoms with Gasteiger partial charge >= 0.3 is 0 Å². The second-order valence-corrected chi connectivity index (χ2v) is 6.76. The fourth-order valence-corrected chi connectivity index (χ4v) is 3.08. The van der Waals surface area contributed by atoms with Gasteiger partial charge in [0.25, 0.3) is 5.91 Å². The normalized spacial score (nSPS) is 11.8. The van der Waals surface area contributed by atoms with Crippen molar-refractivity contribution in [3.05, 3.63) is 108 Å². The first kappa shape index (κ1) is 19.5. The summed E-state index contributed by atoms with van der Waals surface area (Å²) in [5.41, 5.74) is 2.11. The lowest BCUT2D eigenvalue weighted by Crippen LogP contribution is -2.14. The summed E-state index contributed by atoms with van der Waals surface area (Å²) >= 11 is 0. The van der Waals surface area contributed by atoms with Gasteiger partial charge in [-0.1, -0.05) is 30.3 Å². The predicted octanol–water partition coefficient (Wildman–Crippen LogP) is 5.66. The maximum atomic E-state index is 14.5. The number of benzene rings is 3. The van der Waals surface area contributed by atoms with E-state index in [4.69, 9.17) is 4.74 Å². The smallest absolute Gasteiger partial charge is 0.278 e. The molecule has 30 heavy (non-hydrogen) atoms. The molecule has 1 atom stereocenters. The van der Waals surface area contributed by atoms with E-state index in [2.05, 4.69) is 5.10 Å². The van der Waals surface area contributed by atoms with Crippen molar-refractivity contribution in [1.82, 2.24) is 9.78 Å². The number of hydrogen-bond acceptors (Lipinski definition) is 3. The number of ether oxygens (including phenoxy) is 1. The van der Waals surface area contributed by atoms with Crippen LogP contribution in [0.1, 0.15) is 29.1 Å². The Labute approximate surface area is 172 Å². The third-order valence-corrected chi connectivity index (χ3v) is 4.66. The number of carbonyl (C=O) groups is 1. The van der Waals surface area contributed by atoms with Crippen molar-refractivity contribution in [2.45, 2.75) is 13.0 Å². The highest BCUT2D eigenvalue weighted by atomic mass is 19.1. The van der Waals surface area contributed by atoms with Gasteiger partial charge in [0, 0.05) is 23.4 Å². The summed E-state index contributed by atoms with van der Waals surface area (Å²) in [4.78, 5) is 12.5. The first-order valence-corrected chi connectivity index (χ1v) is 9.39. The average Bonchev–Trinajstić information content (AvgIpc) is 3.25. The van der Waals surface area contributed by atoms with E-state index in [1.165, 1.54) is 41.2 Å². The quantitative estimate of drug-likeness (QED) is 0.431. The summed E-state index contributed by atoms with van der Waals surface area (Å²) in [6, 6.07) is 20.8. The molecule has 6 heteroatoms. The Balaban J connectivity index is 1.48. The minimum atomic E-state index is -0.505. The molecule has 0 spiro atoms. The Bertz CT molecular complexity index is 1170. The molecule has 0 aliphatic rings. The second kappa shape index (κ2) is 8.29. The Morgan fingerprint density at radius 1 is 0.967 bits per heavy atom. The predicted molar refractivity (Wildman–Crippen MR) is 109 cm³/mol. The van der Waals surface area contributed by atoms with Crippen molar-refractivity contribution in [3.8, 4) is 16.9 Å². The molecule has 3 aromatic carbocycles. The Morgan fingerprint density at radius 3 is 2.40 bits per heavy atom. The molecule has 1 heterocycles. The lowest BCUT2D eigenvalue weighted by molar-refractivity contribution is 0.0943. The van der Waals surface area contributed by atoms with Crippen LogP contribution >= 0.6 is 0 Å². The fraction of sp³-hybridized carbons (Fsp3) is 0.0833. The molecule has 4 rings (SSSR count). The van der Waals surface area contributed by atoms with Gasteiger partial charge in [-0.3, -0.25) is 4.79 Å². The number of aromatic nitrogens is 2. The molecular weight excluding hydrogens is 386 g/mol. The summed E-state index contributed by atoms with van der Waals surface area (Å²) in [5.74, 6) is -0.825. The highest BCUT2D eigenvalue weighted by molar-refractivity contribution is 5.95. The van der Waals surface area contributed by atoms with Gasteiger partial charge < -0.3 is 4.74 Å². The molecule has 1 aromatic heterocycles. The highest BCUT2D eigenvalue weighted by Gasteiger charge is 2.16. The maximum absolute atomic E-state index is 14.5. The van der Waals surface area contributed by atoms with Crippen LogP contribution in [-0.2, 0) is 0 Å².